The third kappa shape index (κ3) is 5.87. The van der Waals surface area contributed by atoms with E-state index in [9.17, 15) is 18.0 Å². The molecule has 180 valence electrons. The largest absolute Gasteiger partial charge is 0.497 e. The molecule has 2 aromatic carbocycles. The topological polar surface area (TPSA) is 60.2 Å². The third-order valence-electron chi connectivity index (χ3n) is 5.50. The van der Waals surface area contributed by atoms with Gasteiger partial charge >= 0.3 is 6.18 Å². The maximum Gasteiger partial charge on any atom is 0.416 e. The number of alkyl halides is 3. The van der Waals surface area contributed by atoms with Crippen LogP contribution in [0.3, 0.4) is 0 Å². The molecule has 2 aromatic heterocycles. The van der Waals surface area contributed by atoms with E-state index in [4.69, 9.17) is 4.74 Å². The molecule has 0 aliphatic rings. The van der Waals surface area contributed by atoms with Crippen LogP contribution in [0.2, 0.25) is 0 Å². The van der Waals surface area contributed by atoms with Gasteiger partial charge in [0.1, 0.15) is 11.6 Å². The molecule has 6 nitrogen and oxygen atoms in total. The molecule has 0 aliphatic heterocycles. The van der Waals surface area contributed by atoms with Gasteiger partial charge in [-0.25, -0.2) is 4.98 Å². The Labute approximate surface area is 200 Å². The van der Waals surface area contributed by atoms with Crippen molar-refractivity contribution >= 4 is 5.91 Å². The Morgan fingerprint density at radius 2 is 1.86 bits per heavy atom. The lowest BCUT2D eigenvalue weighted by molar-refractivity contribution is -0.138. The molecule has 0 saturated heterocycles. The van der Waals surface area contributed by atoms with Gasteiger partial charge in [-0.3, -0.25) is 9.78 Å². The van der Waals surface area contributed by atoms with Gasteiger partial charge in [0.05, 0.1) is 19.2 Å². The number of hydrogen-bond donors (Lipinski definition) is 0. The summed E-state index contributed by atoms with van der Waals surface area (Å²) in [6.07, 6.45) is 1.97. The highest BCUT2D eigenvalue weighted by molar-refractivity contribution is 5.94. The van der Waals surface area contributed by atoms with Crippen LogP contribution in [0.1, 0.15) is 32.9 Å². The van der Waals surface area contributed by atoms with Gasteiger partial charge in [0.25, 0.3) is 5.91 Å². The zero-order valence-corrected chi connectivity index (χ0v) is 18.9. The van der Waals surface area contributed by atoms with Gasteiger partial charge in [0, 0.05) is 43.4 Å². The Kier molecular flexibility index (Phi) is 7.14. The number of halogens is 3. The first kappa shape index (κ1) is 24.0. The second-order valence-corrected chi connectivity index (χ2v) is 7.88. The quantitative estimate of drug-likeness (QED) is 0.348. The highest BCUT2D eigenvalue weighted by Crippen LogP contribution is 2.32. The Morgan fingerprint density at radius 3 is 2.60 bits per heavy atom. The molecule has 9 heteroatoms. The molecule has 0 fully saturated rings. The lowest BCUT2D eigenvalue weighted by atomic mass is 10.1. The Hall–Kier alpha value is -4.14. The van der Waals surface area contributed by atoms with Gasteiger partial charge < -0.3 is 14.2 Å². The number of aromatic nitrogens is 3. The van der Waals surface area contributed by atoms with Crippen LogP contribution in [0.25, 0.3) is 0 Å². The number of ether oxygens (including phenoxy) is 1. The number of benzene rings is 2. The van der Waals surface area contributed by atoms with Crippen molar-refractivity contribution in [2.75, 3.05) is 7.11 Å². The zero-order chi connectivity index (χ0) is 24.8. The van der Waals surface area contributed by atoms with Gasteiger partial charge in [-0.15, -0.1) is 0 Å². The van der Waals surface area contributed by atoms with Crippen LogP contribution in [0.15, 0.2) is 85.5 Å². The van der Waals surface area contributed by atoms with Gasteiger partial charge in [-0.05, 0) is 41.5 Å². The predicted octanol–water partition coefficient (Wildman–Crippen LogP) is 5.20. The first-order valence-corrected chi connectivity index (χ1v) is 10.8. The van der Waals surface area contributed by atoms with E-state index in [1.165, 1.54) is 25.4 Å². The molecule has 0 bridgehead atoms. The molecule has 4 rings (SSSR count). The van der Waals surface area contributed by atoms with E-state index in [1.807, 2.05) is 6.07 Å². The highest BCUT2D eigenvalue weighted by atomic mass is 19.4. The Morgan fingerprint density at radius 1 is 1.03 bits per heavy atom. The van der Waals surface area contributed by atoms with Crippen molar-refractivity contribution in [1.29, 1.82) is 0 Å². The van der Waals surface area contributed by atoms with E-state index in [2.05, 4.69) is 9.97 Å². The molecule has 0 N–H and O–H groups in total. The van der Waals surface area contributed by atoms with Crippen molar-refractivity contribution < 1.29 is 22.7 Å². The van der Waals surface area contributed by atoms with Gasteiger partial charge in [0.15, 0.2) is 0 Å². The van der Waals surface area contributed by atoms with Crippen LogP contribution < -0.4 is 4.74 Å². The molecule has 0 unspecified atom stereocenters. The summed E-state index contributed by atoms with van der Waals surface area (Å²) in [6.45, 7) is 0.307. The van der Waals surface area contributed by atoms with E-state index in [-0.39, 0.29) is 31.1 Å². The summed E-state index contributed by atoms with van der Waals surface area (Å²) in [4.78, 5) is 23.5. The minimum atomic E-state index is -4.47. The number of carbonyl (C=O) groups excluding carboxylic acids is 1. The Bertz CT molecular complexity index is 1290. The zero-order valence-electron chi connectivity index (χ0n) is 18.9. The van der Waals surface area contributed by atoms with E-state index in [0.29, 0.717) is 17.1 Å². The fourth-order valence-electron chi connectivity index (χ4n) is 3.77. The van der Waals surface area contributed by atoms with Crippen molar-refractivity contribution in [2.45, 2.75) is 25.8 Å². The molecule has 2 heterocycles. The minimum absolute atomic E-state index is 0.0287. The van der Waals surface area contributed by atoms with Crippen LogP contribution in [-0.4, -0.2) is 32.5 Å². The number of imidazole rings is 1. The summed E-state index contributed by atoms with van der Waals surface area (Å²) in [7, 11) is 1.52. The highest BCUT2D eigenvalue weighted by Gasteiger charge is 2.33. The Balaban J connectivity index is 1.64. The molecule has 0 radical (unpaired) electrons. The smallest absolute Gasteiger partial charge is 0.416 e. The number of carbonyl (C=O) groups is 1. The lowest BCUT2D eigenvalue weighted by Crippen LogP contribution is -2.31. The van der Waals surface area contributed by atoms with Crippen LogP contribution in [0.5, 0.6) is 5.75 Å². The number of methoxy groups -OCH3 is 1. The first-order chi connectivity index (χ1) is 16.8. The van der Waals surface area contributed by atoms with E-state index in [1.54, 1.807) is 64.5 Å². The summed E-state index contributed by atoms with van der Waals surface area (Å²) in [5.41, 5.74) is 0.662. The second-order valence-electron chi connectivity index (χ2n) is 7.88. The molecular formula is C26H23F3N4O2. The number of amides is 1. The number of rotatable bonds is 8. The molecule has 0 saturated carbocycles. The maximum absolute atomic E-state index is 13.5. The summed E-state index contributed by atoms with van der Waals surface area (Å²) >= 11 is 0. The van der Waals surface area contributed by atoms with Crippen LogP contribution in [-0.2, 0) is 25.8 Å². The van der Waals surface area contributed by atoms with Crippen molar-refractivity contribution in [3.8, 4) is 5.75 Å². The van der Waals surface area contributed by atoms with Crippen molar-refractivity contribution in [3.63, 3.8) is 0 Å². The third-order valence-corrected chi connectivity index (χ3v) is 5.50. The van der Waals surface area contributed by atoms with Gasteiger partial charge in [-0.1, -0.05) is 30.3 Å². The van der Waals surface area contributed by atoms with Crippen molar-refractivity contribution in [1.82, 2.24) is 19.4 Å². The summed E-state index contributed by atoms with van der Waals surface area (Å²) < 4.78 is 47.3. The lowest BCUT2D eigenvalue weighted by Gasteiger charge is -2.23. The molecule has 0 atom stereocenters. The normalized spacial score (nSPS) is 11.3. The molecular weight excluding hydrogens is 457 g/mol. The fourth-order valence-corrected chi connectivity index (χ4v) is 3.77. The number of pyridine rings is 1. The minimum Gasteiger partial charge on any atom is -0.497 e. The van der Waals surface area contributed by atoms with Crippen LogP contribution >= 0.6 is 0 Å². The summed E-state index contributed by atoms with van der Waals surface area (Å²) in [5, 5.41) is 0. The predicted molar refractivity (Wildman–Crippen MR) is 124 cm³/mol. The molecule has 1 amide bonds. The second kappa shape index (κ2) is 10.4. The van der Waals surface area contributed by atoms with Crippen LogP contribution in [0, 0.1) is 0 Å². The standard InChI is InChI=1S/C26H23F3N4O2/c1-35-22-9-4-8-20(14-22)25(34)33(16-19-6-5-11-30-15-19)18-24-31-12-13-32(24)17-21-7-2-3-10-23(21)26(27,28)29/h2-15H,16-18H2,1H3. The van der Waals surface area contributed by atoms with E-state index < -0.39 is 11.7 Å². The molecule has 0 aliphatic carbocycles. The van der Waals surface area contributed by atoms with Gasteiger partial charge in [0.2, 0.25) is 0 Å². The van der Waals surface area contributed by atoms with E-state index >= 15 is 0 Å². The van der Waals surface area contributed by atoms with Crippen LogP contribution in [0.4, 0.5) is 13.2 Å². The fraction of sp³-hybridized carbons (Fsp3) is 0.192. The molecule has 0 spiro atoms. The molecule has 4 aromatic rings. The SMILES string of the molecule is COc1cccc(C(=O)N(Cc2cccnc2)Cc2nccn2Cc2ccccc2C(F)(F)F)c1. The maximum atomic E-state index is 13.5. The molecule has 35 heavy (non-hydrogen) atoms. The average Bonchev–Trinajstić information content (AvgIpc) is 3.30. The summed E-state index contributed by atoms with van der Waals surface area (Å²) in [6, 6.07) is 15.9. The average molecular weight is 480 g/mol. The van der Waals surface area contributed by atoms with E-state index in [0.717, 1.165) is 11.6 Å². The summed E-state index contributed by atoms with van der Waals surface area (Å²) in [5.74, 6) is 0.738. The monoisotopic (exact) mass is 480 g/mol. The number of hydrogen-bond acceptors (Lipinski definition) is 4. The number of nitrogens with zero attached hydrogens (tertiary/aromatic N) is 4. The van der Waals surface area contributed by atoms with Crippen molar-refractivity contribution in [2.24, 2.45) is 0 Å². The first-order valence-electron chi connectivity index (χ1n) is 10.8. The van der Waals surface area contributed by atoms with Gasteiger partial charge in [-0.2, -0.15) is 13.2 Å². The van der Waals surface area contributed by atoms with Crippen molar-refractivity contribution in [3.05, 3.63) is 114 Å².